The Bertz CT molecular complexity index is 1400. The molecule has 0 aromatic rings. The Morgan fingerprint density at radius 1 is 0.338 bits per heavy atom. The van der Waals surface area contributed by atoms with E-state index in [-0.39, 0.29) is 31.1 Å². The Hall–Kier alpha value is -4.19. The van der Waals surface area contributed by atoms with Gasteiger partial charge in [0.25, 0.3) is 0 Å². The van der Waals surface area contributed by atoms with E-state index in [4.69, 9.17) is 14.2 Å². The molecule has 0 heterocycles. The first-order valence-corrected chi connectivity index (χ1v) is 26.1. The number of ether oxygens (including phenoxy) is 3. The second-order valence-corrected chi connectivity index (χ2v) is 16.8. The Balaban J connectivity index is 4.49. The van der Waals surface area contributed by atoms with Gasteiger partial charge in [0, 0.05) is 19.3 Å². The molecular weight excluding hydrogens is 805 g/mol. The van der Waals surface area contributed by atoms with E-state index >= 15 is 0 Å². The van der Waals surface area contributed by atoms with Crippen molar-refractivity contribution in [2.45, 2.75) is 219 Å². The van der Waals surface area contributed by atoms with E-state index in [1.807, 2.05) is 36.5 Å². The Morgan fingerprint density at radius 2 is 0.677 bits per heavy atom. The van der Waals surface area contributed by atoms with Crippen molar-refractivity contribution in [1.29, 1.82) is 0 Å². The van der Waals surface area contributed by atoms with Crippen LogP contribution < -0.4 is 0 Å². The highest BCUT2D eigenvalue weighted by Gasteiger charge is 2.19. The van der Waals surface area contributed by atoms with E-state index in [2.05, 4.69) is 106 Å². The first-order chi connectivity index (χ1) is 32.0. The van der Waals surface area contributed by atoms with Crippen molar-refractivity contribution < 1.29 is 28.6 Å². The molecule has 0 aliphatic heterocycles. The van der Waals surface area contributed by atoms with Crippen LogP contribution in [-0.2, 0) is 28.6 Å². The van der Waals surface area contributed by atoms with Gasteiger partial charge >= 0.3 is 17.9 Å². The summed E-state index contributed by atoms with van der Waals surface area (Å²) >= 11 is 0. The second-order valence-electron chi connectivity index (χ2n) is 16.8. The summed E-state index contributed by atoms with van der Waals surface area (Å²) in [6, 6.07) is 0. The lowest BCUT2D eigenvalue weighted by Crippen LogP contribution is -2.30. The minimum absolute atomic E-state index is 0.107. The van der Waals surface area contributed by atoms with Gasteiger partial charge in [0.05, 0.1) is 0 Å². The number of carbonyl (C=O) groups is 3. The van der Waals surface area contributed by atoms with E-state index in [0.29, 0.717) is 19.3 Å². The maximum absolute atomic E-state index is 12.8. The number of unbranched alkanes of at least 4 members (excludes halogenated alkanes) is 18. The number of rotatable bonds is 45. The van der Waals surface area contributed by atoms with Crippen LogP contribution in [0.3, 0.4) is 0 Å². The van der Waals surface area contributed by atoms with Gasteiger partial charge in [-0.2, -0.15) is 0 Å². The molecule has 0 N–H and O–H groups in total. The molecule has 0 bridgehead atoms. The second kappa shape index (κ2) is 52.4. The van der Waals surface area contributed by atoms with Crippen LogP contribution in [0.5, 0.6) is 0 Å². The molecule has 0 amide bonds. The van der Waals surface area contributed by atoms with Crippen LogP contribution in [0.2, 0.25) is 0 Å². The molecule has 0 saturated heterocycles. The normalized spacial score (nSPS) is 13.1. The average molecular weight is 899 g/mol. The third-order valence-corrected chi connectivity index (χ3v) is 10.6. The zero-order valence-corrected chi connectivity index (χ0v) is 41.7. The van der Waals surface area contributed by atoms with Crippen molar-refractivity contribution in [3.63, 3.8) is 0 Å². The van der Waals surface area contributed by atoms with Crippen molar-refractivity contribution in [3.05, 3.63) is 122 Å². The van der Waals surface area contributed by atoms with E-state index in [9.17, 15) is 14.4 Å². The van der Waals surface area contributed by atoms with Crippen molar-refractivity contribution in [3.8, 4) is 0 Å². The summed E-state index contributed by atoms with van der Waals surface area (Å²) < 4.78 is 16.8. The van der Waals surface area contributed by atoms with Crippen LogP contribution >= 0.6 is 0 Å². The summed E-state index contributed by atoms with van der Waals surface area (Å²) in [4.78, 5) is 38.0. The minimum Gasteiger partial charge on any atom is -0.462 e. The molecular formula is C59H94O6. The molecule has 1 unspecified atom stereocenters. The van der Waals surface area contributed by atoms with Crippen molar-refractivity contribution in [1.82, 2.24) is 0 Å². The number of hydrogen-bond acceptors (Lipinski definition) is 6. The van der Waals surface area contributed by atoms with Gasteiger partial charge in [0.1, 0.15) is 13.2 Å². The molecule has 6 heteroatoms. The third kappa shape index (κ3) is 50.7. The number of esters is 3. The molecule has 6 nitrogen and oxygen atoms in total. The quantitative estimate of drug-likeness (QED) is 0.0199. The summed E-state index contributed by atoms with van der Waals surface area (Å²) in [6.07, 6.45) is 71.8. The van der Waals surface area contributed by atoms with Crippen molar-refractivity contribution >= 4 is 17.9 Å². The van der Waals surface area contributed by atoms with E-state index in [0.717, 1.165) is 128 Å². The third-order valence-electron chi connectivity index (χ3n) is 10.6. The molecule has 0 aromatic heterocycles. The molecule has 0 fully saturated rings. The van der Waals surface area contributed by atoms with Crippen molar-refractivity contribution in [2.75, 3.05) is 13.2 Å². The predicted octanol–water partition coefficient (Wildman–Crippen LogP) is 17.3. The van der Waals surface area contributed by atoms with Crippen LogP contribution in [0.4, 0.5) is 0 Å². The molecule has 0 aliphatic rings. The fourth-order valence-electron chi connectivity index (χ4n) is 6.67. The summed E-state index contributed by atoms with van der Waals surface area (Å²) in [6.45, 7) is 6.28. The molecule has 0 radical (unpaired) electrons. The summed E-state index contributed by atoms with van der Waals surface area (Å²) in [5, 5.41) is 0. The van der Waals surface area contributed by atoms with Gasteiger partial charge in [-0.15, -0.1) is 0 Å². The molecule has 0 aromatic carbocycles. The maximum atomic E-state index is 12.8. The largest absolute Gasteiger partial charge is 0.462 e. The van der Waals surface area contributed by atoms with Crippen LogP contribution in [0, 0.1) is 0 Å². The monoisotopic (exact) mass is 899 g/mol. The fraction of sp³-hybridized carbons (Fsp3) is 0.610. The number of carbonyl (C=O) groups excluding carboxylic acids is 3. The summed E-state index contributed by atoms with van der Waals surface area (Å²) in [5.74, 6) is -0.979. The predicted molar refractivity (Wildman–Crippen MR) is 279 cm³/mol. The van der Waals surface area contributed by atoms with E-state index in [1.54, 1.807) is 0 Å². The smallest absolute Gasteiger partial charge is 0.306 e. The SMILES string of the molecule is CC\C=C/C=C\C=C/C=C\CCCCCC(=O)OCC(COC(=O)CCCCCCCC/C=C\C/C=C\C/C=C\C/C=C\CC)OC(=O)CCCCCCCC/C=C\C=C/CCCCC. The first kappa shape index (κ1) is 60.8. The van der Waals surface area contributed by atoms with Crippen LogP contribution in [0.25, 0.3) is 0 Å². The highest BCUT2D eigenvalue weighted by atomic mass is 16.6. The van der Waals surface area contributed by atoms with Gasteiger partial charge in [-0.25, -0.2) is 0 Å². The molecule has 1 atom stereocenters. The molecule has 0 saturated carbocycles. The highest BCUT2D eigenvalue weighted by Crippen LogP contribution is 2.13. The van der Waals surface area contributed by atoms with Gasteiger partial charge in [0.15, 0.2) is 6.10 Å². The van der Waals surface area contributed by atoms with Gasteiger partial charge in [-0.3, -0.25) is 14.4 Å². The molecule has 366 valence electrons. The number of hydrogen-bond donors (Lipinski definition) is 0. The van der Waals surface area contributed by atoms with E-state index in [1.165, 1.54) is 44.9 Å². The standard InChI is InChI=1S/C59H94O6/c1-4-7-10-13-16-19-22-25-27-28-29-30-32-34-37-40-43-46-49-52-58(61)64-55-56(54-63-57(60)51-48-45-42-39-36-33-24-21-18-15-12-9-6-3)65-59(62)53-50-47-44-41-38-35-31-26-23-20-17-14-11-8-5-2/h7,9-10,12,15-21,23-27,29-30,33,36,56H,4-6,8,11,13-14,22,28,31-32,34-35,37-55H2,1-3H3/b10-7-,12-9-,18-15-,19-16-,20-17-,24-21-,26-23-,27-25-,30-29-,36-33-. The van der Waals surface area contributed by atoms with E-state index < -0.39 is 6.10 Å². The minimum atomic E-state index is -0.810. The highest BCUT2D eigenvalue weighted by molar-refractivity contribution is 5.71. The van der Waals surface area contributed by atoms with Crippen LogP contribution in [-0.4, -0.2) is 37.2 Å². The van der Waals surface area contributed by atoms with Crippen LogP contribution in [0.1, 0.15) is 213 Å². The lowest BCUT2D eigenvalue weighted by Gasteiger charge is -2.18. The Labute approximate surface area is 399 Å². The lowest BCUT2D eigenvalue weighted by atomic mass is 10.1. The van der Waals surface area contributed by atoms with Gasteiger partial charge < -0.3 is 14.2 Å². The average Bonchev–Trinajstić information content (AvgIpc) is 3.30. The summed E-state index contributed by atoms with van der Waals surface area (Å²) in [7, 11) is 0. The zero-order valence-electron chi connectivity index (χ0n) is 41.7. The molecule has 0 spiro atoms. The number of allylic oxidation sites excluding steroid dienone is 20. The first-order valence-electron chi connectivity index (χ1n) is 26.1. The van der Waals surface area contributed by atoms with Gasteiger partial charge in [-0.1, -0.05) is 213 Å². The molecule has 65 heavy (non-hydrogen) atoms. The fourth-order valence-corrected chi connectivity index (χ4v) is 6.67. The Morgan fingerprint density at radius 3 is 1.15 bits per heavy atom. The Kier molecular flexibility index (Phi) is 49.1. The van der Waals surface area contributed by atoms with Gasteiger partial charge in [0.2, 0.25) is 0 Å². The maximum Gasteiger partial charge on any atom is 0.306 e. The molecule has 0 aliphatic carbocycles. The molecule has 0 rings (SSSR count). The van der Waals surface area contributed by atoms with Crippen molar-refractivity contribution in [2.24, 2.45) is 0 Å². The lowest BCUT2D eigenvalue weighted by molar-refractivity contribution is -0.167. The summed E-state index contributed by atoms with van der Waals surface area (Å²) in [5.41, 5.74) is 0. The zero-order chi connectivity index (χ0) is 47.2. The van der Waals surface area contributed by atoms with Crippen LogP contribution in [0.15, 0.2) is 122 Å². The topological polar surface area (TPSA) is 78.9 Å². The van der Waals surface area contributed by atoms with Gasteiger partial charge in [-0.05, 0) is 103 Å².